The Bertz CT molecular complexity index is 1650. The molecule has 1 nitrogen and oxygen atoms in total. The third-order valence-electron chi connectivity index (χ3n) is 7.92. The highest BCUT2D eigenvalue weighted by Crippen LogP contribution is 2.60. The van der Waals surface area contributed by atoms with E-state index in [2.05, 4.69) is 133 Å². The predicted molar refractivity (Wildman–Crippen MR) is 171 cm³/mol. The van der Waals surface area contributed by atoms with Gasteiger partial charge in [0.25, 0.3) is 0 Å². The molecule has 1 heterocycles. The fourth-order valence-electron chi connectivity index (χ4n) is 6.54. The van der Waals surface area contributed by atoms with Gasteiger partial charge in [0.05, 0.1) is 10.9 Å². The Labute approximate surface area is 233 Å². The number of nitrogens with zero attached hydrogens (tertiary/aromatic N) is 1. The molecule has 0 bridgehead atoms. The standard InChI is InChI=1S/C34H27N.2C2H6/c1-35-31-21-13-11-19-27(31)29-23-22-28-26-18-10-12-20-30(26)34(32(28)33(29)35,24-14-6-2-3-7-15-24)25-16-8-4-5-9-17-25;2*1-2/h2-6,8,10-23H,7,9H2,1H3;2*1-2H3. The average molecular weight is 510 g/mol. The monoisotopic (exact) mass is 509 g/mol. The topological polar surface area (TPSA) is 4.93 Å². The molecule has 196 valence electrons. The lowest BCUT2D eigenvalue weighted by atomic mass is 9.65. The maximum absolute atomic E-state index is 2.43. The van der Waals surface area contributed by atoms with Crippen LogP contribution in [0.3, 0.4) is 0 Å². The minimum atomic E-state index is -0.376. The van der Waals surface area contributed by atoms with E-state index in [1.165, 1.54) is 55.2 Å². The van der Waals surface area contributed by atoms with E-state index in [0.29, 0.717) is 0 Å². The van der Waals surface area contributed by atoms with Gasteiger partial charge in [0.1, 0.15) is 0 Å². The van der Waals surface area contributed by atoms with Crippen LogP contribution < -0.4 is 0 Å². The zero-order chi connectivity index (χ0) is 27.4. The molecule has 0 N–H and O–H groups in total. The van der Waals surface area contributed by atoms with Gasteiger partial charge in [0, 0.05) is 28.9 Å². The fourth-order valence-corrected chi connectivity index (χ4v) is 6.54. The van der Waals surface area contributed by atoms with Gasteiger partial charge in [-0.25, -0.2) is 0 Å². The second-order valence-corrected chi connectivity index (χ2v) is 9.62. The molecule has 0 radical (unpaired) electrons. The summed E-state index contributed by atoms with van der Waals surface area (Å²) in [5.74, 6) is 0. The molecule has 0 unspecified atom stereocenters. The van der Waals surface area contributed by atoms with E-state index in [1.54, 1.807) is 0 Å². The lowest BCUT2D eigenvalue weighted by molar-refractivity contribution is 0.759. The zero-order valence-electron chi connectivity index (χ0n) is 23.9. The summed E-state index contributed by atoms with van der Waals surface area (Å²) < 4.78 is 2.42. The Morgan fingerprint density at radius 2 is 1.23 bits per heavy atom. The number of aromatic nitrogens is 1. The smallest absolute Gasteiger partial charge is 0.0728 e. The summed E-state index contributed by atoms with van der Waals surface area (Å²) in [6.07, 6.45) is 24.7. The average Bonchev–Trinajstić information content (AvgIpc) is 3.22. The number of allylic oxidation sites excluding steroid dienone is 12. The highest BCUT2D eigenvalue weighted by atomic mass is 14.9. The van der Waals surface area contributed by atoms with Gasteiger partial charge in [-0.1, -0.05) is 143 Å². The van der Waals surface area contributed by atoms with E-state index in [1.807, 2.05) is 27.7 Å². The van der Waals surface area contributed by atoms with Crippen LogP contribution in [0.4, 0.5) is 0 Å². The van der Waals surface area contributed by atoms with Crippen LogP contribution in [0.15, 0.2) is 133 Å². The summed E-state index contributed by atoms with van der Waals surface area (Å²) in [5.41, 5.74) is 10.4. The SMILES string of the molecule is CC.CC.Cn1c2ccccc2c2ccc3c(c21)C(C1=CCC=CC=C1)(C1=CCC=CC=C1)c1ccccc1-3. The van der Waals surface area contributed by atoms with Crippen LogP contribution in [0.5, 0.6) is 0 Å². The minimum absolute atomic E-state index is 0.376. The van der Waals surface area contributed by atoms with Crippen LogP contribution in [0.2, 0.25) is 0 Å². The van der Waals surface area contributed by atoms with Crippen molar-refractivity contribution in [3.63, 3.8) is 0 Å². The molecule has 0 saturated heterocycles. The second-order valence-electron chi connectivity index (χ2n) is 9.62. The first-order valence-electron chi connectivity index (χ1n) is 14.5. The normalized spacial score (nSPS) is 16.2. The lowest BCUT2D eigenvalue weighted by Gasteiger charge is -2.36. The molecule has 0 atom stereocenters. The van der Waals surface area contributed by atoms with Gasteiger partial charge in [-0.2, -0.15) is 0 Å². The van der Waals surface area contributed by atoms with Crippen LogP contribution in [0, 0.1) is 0 Å². The van der Waals surface area contributed by atoms with Gasteiger partial charge in [0.2, 0.25) is 0 Å². The summed E-state index contributed by atoms with van der Waals surface area (Å²) in [6, 6.07) is 22.6. The third kappa shape index (κ3) is 4.00. The van der Waals surface area contributed by atoms with Gasteiger partial charge in [0.15, 0.2) is 0 Å². The fraction of sp³-hybridized carbons (Fsp3) is 0.211. The van der Waals surface area contributed by atoms with Crippen molar-refractivity contribution in [1.82, 2.24) is 4.57 Å². The summed E-state index contributed by atoms with van der Waals surface area (Å²) in [5, 5.41) is 2.64. The van der Waals surface area contributed by atoms with E-state index in [0.717, 1.165) is 12.8 Å². The Morgan fingerprint density at radius 1 is 0.615 bits per heavy atom. The third-order valence-corrected chi connectivity index (χ3v) is 7.92. The van der Waals surface area contributed by atoms with Crippen molar-refractivity contribution in [3.05, 3.63) is 144 Å². The van der Waals surface area contributed by atoms with Crippen molar-refractivity contribution in [3.8, 4) is 11.1 Å². The quantitative estimate of drug-likeness (QED) is 0.253. The first-order valence-corrected chi connectivity index (χ1v) is 14.5. The molecular weight excluding hydrogens is 470 g/mol. The Kier molecular flexibility index (Phi) is 7.70. The number of para-hydroxylation sites is 1. The first-order chi connectivity index (χ1) is 19.3. The number of aryl methyl sites for hydroxylation is 1. The predicted octanol–water partition coefficient (Wildman–Crippen LogP) is 10.5. The van der Waals surface area contributed by atoms with E-state index in [4.69, 9.17) is 0 Å². The number of hydrogen-bond donors (Lipinski definition) is 0. The Morgan fingerprint density at radius 3 is 1.92 bits per heavy atom. The molecule has 1 heteroatoms. The van der Waals surface area contributed by atoms with Crippen LogP contribution in [-0.4, -0.2) is 4.57 Å². The molecule has 0 fully saturated rings. The van der Waals surface area contributed by atoms with Gasteiger partial charge in [-0.15, -0.1) is 0 Å². The van der Waals surface area contributed by atoms with Crippen molar-refractivity contribution < 1.29 is 0 Å². The minimum Gasteiger partial charge on any atom is -0.343 e. The van der Waals surface area contributed by atoms with Crippen molar-refractivity contribution in [2.24, 2.45) is 7.05 Å². The largest absolute Gasteiger partial charge is 0.343 e. The maximum atomic E-state index is 2.43. The molecule has 3 aliphatic carbocycles. The molecular formula is C38H39N. The van der Waals surface area contributed by atoms with E-state index >= 15 is 0 Å². The molecule has 3 aromatic carbocycles. The van der Waals surface area contributed by atoms with Crippen LogP contribution in [0.25, 0.3) is 32.9 Å². The highest BCUT2D eigenvalue weighted by molar-refractivity contribution is 6.12. The molecule has 0 amide bonds. The molecule has 7 rings (SSSR count). The number of benzene rings is 3. The van der Waals surface area contributed by atoms with Gasteiger partial charge < -0.3 is 4.57 Å². The lowest BCUT2D eigenvalue weighted by Crippen LogP contribution is -2.30. The molecule has 0 spiro atoms. The summed E-state index contributed by atoms with van der Waals surface area (Å²) >= 11 is 0. The number of hydrogen-bond acceptors (Lipinski definition) is 0. The number of rotatable bonds is 2. The molecule has 4 aromatic rings. The van der Waals surface area contributed by atoms with E-state index in [9.17, 15) is 0 Å². The molecule has 1 aromatic heterocycles. The maximum Gasteiger partial charge on any atom is 0.0728 e. The summed E-state index contributed by atoms with van der Waals surface area (Å²) in [6.45, 7) is 8.00. The highest BCUT2D eigenvalue weighted by Gasteiger charge is 2.49. The van der Waals surface area contributed by atoms with Crippen molar-refractivity contribution in [1.29, 1.82) is 0 Å². The van der Waals surface area contributed by atoms with Crippen molar-refractivity contribution in [2.45, 2.75) is 46.0 Å². The van der Waals surface area contributed by atoms with Gasteiger partial charge in [-0.05, 0) is 46.7 Å². The van der Waals surface area contributed by atoms with Gasteiger partial charge in [-0.3, -0.25) is 0 Å². The molecule has 3 aliphatic rings. The van der Waals surface area contributed by atoms with Crippen LogP contribution in [0.1, 0.15) is 51.7 Å². The zero-order valence-corrected chi connectivity index (χ0v) is 23.9. The summed E-state index contributed by atoms with van der Waals surface area (Å²) in [7, 11) is 2.23. The van der Waals surface area contributed by atoms with Gasteiger partial charge >= 0.3 is 0 Å². The summed E-state index contributed by atoms with van der Waals surface area (Å²) in [4.78, 5) is 0. The van der Waals surface area contributed by atoms with E-state index in [-0.39, 0.29) is 5.41 Å². The van der Waals surface area contributed by atoms with E-state index < -0.39 is 0 Å². The molecule has 39 heavy (non-hydrogen) atoms. The molecule has 0 aliphatic heterocycles. The number of fused-ring (bicyclic) bond motifs is 7. The van der Waals surface area contributed by atoms with Crippen LogP contribution in [-0.2, 0) is 12.5 Å². The molecule has 0 saturated carbocycles. The second kappa shape index (κ2) is 11.3. The Hall–Kier alpha value is -4.10. The Balaban J connectivity index is 0.000000738. The first kappa shape index (κ1) is 26.5. The van der Waals surface area contributed by atoms with Crippen molar-refractivity contribution >= 4 is 21.8 Å². The van der Waals surface area contributed by atoms with Crippen LogP contribution >= 0.6 is 0 Å². The van der Waals surface area contributed by atoms with Crippen molar-refractivity contribution in [2.75, 3.05) is 0 Å².